The van der Waals surface area contributed by atoms with E-state index in [1.807, 2.05) is 0 Å². The third kappa shape index (κ3) is 3.08. The quantitative estimate of drug-likeness (QED) is 0.742. The van der Waals surface area contributed by atoms with Gasteiger partial charge in [-0.3, -0.25) is 4.98 Å². The number of aromatic nitrogens is 1. The molecule has 2 rings (SSSR count). The summed E-state index contributed by atoms with van der Waals surface area (Å²) in [5.74, 6) is -3.16. The smallest absolute Gasteiger partial charge is 0.287 e. The molecule has 1 heterocycles. The van der Waals surface area contributed by atoms with E-state index < -0.39 is 19.1 Å². The fourth-order valence-electron chi connectivity index (χ4n) is 1.80. The molecular weight excluding hydrogens is 252 g/mol. The van der Waals surface area contributed by atoms with Crippen molar-refractivity contribution >= 4 is 22.3 Å². The number of nitrogens with two attached hydrogens (primary N) is 1. The van der Waals surface area contributed by atoms with Crippen LogP contribution in [0.25, 0.3) is 10.9 Å². The Labute approximate surface area is 109 Å². The molecule has 1 aromatic heterocycles. The van der Waals surface area contributed by atoms with Crippen LogP contribution in [0, 0.1) is 6.92 Å². The van der Waals surface area contributed by atoms with E-state index >= 15 is 0 Å². The van der Waals surface area contributed by atoms with Crippen LogP contribution < -0.4 is 11.1 Å². The van der Waals surface area contributed by atoms with Gasteiger partial charge >= 0.3 is 0 Å². The average Bonchev–Trinajstić information content (AvgIpc) is 2.36. The zero-order valence-electron chi connectivity index (χ0n) is 10.5. The maximum Gasteiger partial charge on any atom is 0.287 e. The summed E-state index contributed by atoms with van der Waals surface area (Å²) in [5.41, 5.74) is 8.16. The average molecular weight is 267 g/mol. The van der Waals surface area contributed by atoms with E-state index in [-0.39, 0.29) is 0 Å². The van der Waals surface area contributed by atoms with Crippen molar-refractivity contribution < 1.29 is 13.9 Å². The molecule has 4 N–H and O–H groups in total. The molecule has 2 aromatic rings. The zero-order chi connectivity index (χ0) is 14.0. The topological polar surface area (TPSA) is 71.2 Å². The number of alkyl halides is 2. The number of anilines is 2. The Bertz CT molecular complexity index is 602. The number of hydrogen-bond acceptors (Lipinski definition) is 4. The first-order valence-corrected chi connectivity index (χ1v) is 5.81. The molecule has 19 heavy (non-hydrogen) atoms. The van der Waals surface area contributed by atoms with Crippen molar-refractivity contribution in [2.75, 3.05) is 24.2 Å². The second kappa shape index (κ2) is 4.97. The summed E-state index contributed by atoms with van der Waals surface area (Å²) in [6.07, 6.45) is 0. The SMILES string of the molecule is Cc1cc(NCC(F)(F)CO)c2cc(N)ccc2n1. The molecule has 0 aliphatic carbocycles. The van der Waals surface area contributed by atoms with Crippen LogP contribution in [-0.2, 0) is 0 Å². The molecule has 1 aromatic carbocycles. The molecule has 0 radical (unpaired) electrons. The number of benzene rings is 1. The second-order valence-corrected chi connectivity index (χ2v) is 4.46. The van der Waals surface area contributed by atoms with Crippen molar-refractivity contribution in [1.29, 1.82) is 0 Å². The Kier molecular flexibility index (Phi) is 3.53. The third-order valence-electron chi connectivity index (χ3n) is 2.73. The van der Waals surface area contributed by atoms with Crippen molar-refractivity contribution in [2.24, 2.45) is 0 Å². The fourth-order valence-corrected chi connectivity index (χ4v) is 1.80. The number of hydrogen-bond donors (Lipinski definition) is 3. The number of aryl methyl sites for hydroxylation is 1. The van der Waals surface area contributed by atoms with Gasteiger partial charge < -0.3 is 16.2 Å². The summed E-state index contributed by atoms with van der Waals surface area (Å²) in [5, 5.41) is 11.9. The van der Waals surface area contributed by atoms with Gasteiger partial charge in [0, 0.05) is 22.5 Å². The zero-order valence-corrected chi connectivity index (χ0v) is 10.5. The van der Waals surface area contributed by atoms with Crippen LogP contribution in [0.4, 0.5) is 20.2 Å². The van der Waals surface area contributed by atoms with Gasteiger partial charge in [0.15, 0.2) is 0 Å². The first-order chi connectivity index (χ1) is 8.91. The van der Waals surface area contributed by atoms with Crippen molar-refractivity contribution in [2.45, 2.75) is 12.8 Å². The molecule has 0 aliphatic heterocycles. The summed E-state index contributed by atoms with van der Waals surface area (Å²) in [6.45, 7) is -0.0495. The standard InChI is InChI=1S/C13H15F2N3O/c1-8-4-12(17-6-13(14,15)7-19)10-5-9(16)2-3-11(10)18-8/h2-5,19H,6-7,16H2,1H3,(H,17,18). The summed E-state index contributed by atoms with van der Waals surface area (Å²) in [4.78, 5) is 4.31. The lowest BCUT2D eigenvalue weighted by Crippen LogP contribution is -2.31. The van der Waals surface area contributed by atoms with E-state index in [1.165, 1.54) is 0 Å². The summed E-state index contributed by atoms with van der Waals surface area (Å²) >= 11 is 0. The predicted molar refractivity (Wildman–Crippen MR) is 71.4 cm³/mol. The molecule has 6 heteroatoms. The highest BCUT2D eigenvalue weighted by Gasteiger charge is 2.27. The van der Waals surface area contributed by atoms with E-state index in [0.29, 0.717) is 28.0 Å². The van der Waals surface area contributed by atoms with Gasteiger partial charge in [-0.1, -0.05) is 0 Å². The van der Waals surface area contributed by atoms with Crippen LogP contribution in [0.3, 0.4) is 0 Å². The van der Waals surface area contributed by atoms with Crippen LogP contribution >= 0.6 is 0 Å². The molecule has 0 atom stereocenters. The molecule has 0 saturated heterocycles. The number of aliphatic hydroxyl groups excluding tert-OH is 1. The molecule has 0 aliphatic rings. The van der Waals surface area contributed by atoms with Gasteiger partial charge in [-0.15, -0.1) is 0 Å². The first-order valence-electron chi connectivity index (χ1n) is 5.81. The van der Waals surface area contributed by atoms with E-state index in [2.05, 4.69) is 10.3 Å². The second-order valence-electron chi connectivity index (χ2n) is 4.46. The Morgan fingerprint density at radius 3 is 2.79 bits per heavy atom. The summed E-state index contributed by atoms with van der Waals surface area (Å²) < 4.78 is 26.1. The van der Waals surface area contributed by atoms with Crippen LogP contribution in [0.15, 0.2) is 24.3 Å². The van der Waals surface area contributed by atoms with Crippen molar-refractivity contribution in [1.82, 2.24) is 4.98 Å². The van der Waals surface area contributed by atoms with Crippen LogP contribution in [0.1, 0.15) is 5.69 Å². The lowest BCUT2D eigenvalue weighted by molar-refractivity contribution is -0.0372. The predicted octanol–water partition coefficient (Wildman–Crippen LogP) is 2.16. The van der Waals surface area contributed by atoms with Crippen LogP contribution in [-0.4, -0.2) is 29.2 Å². The Morgan fingerprint density at radius 1 is 1.37 bits per heavy atom. The number of pyridine rings is 1. The summed E-state index contributed by atoms with van der Waals surface area (Å²) in [6, 6.07) is 6.81. The number of nitrogen functional groups attached to an aromatic ring is 1. The Balaban J connectivity index is 2.38. The van der Waals surface area contributed by atoms with Gasteiger partial charge in [0.1, 0.15) is 6.61 Å². The first kappa shape index (κ1) is 13.5. The van der Waals surface area contributed by atoms with Crippen LogP contribution in [0.5, 0.6) is 0 Å². The normalized spacial score (nSPS) is 11.8. The highest BCUT2D eigenvalue weighted by molar-refractivity contribution is 5.93. The maximum absolute atomic E-state index is 13.1. The summed E-state index contributed by atoms with van der Waals surface area (Å²) in [7, 11) is 0. The lowest BCUT2D eigenvalue weighted by Gasteiger charge is -2.16. The molecule has 0 unspecified atom stereocenters. The molecule has 4 nitrogen and oxygen atoms in total. The Morgan fingerprint density at radius 2 is 2.11 bits per heavy atom. The lowest BCUT2D eigenvalue weighted by atomic mass is 10.1. The molecule has 0 saturated carbocycles. The van der Waals surface area contributed by atoms with E-state index in [9.17, 15) is 8.78 Å². The molecule has 0 spiro atoms. The number of fused-ring (bicyclic) bond motifs is 1. The number of rotatable bonds is 4. The highest BCUT2D eigenvalue weighted by atomic mass is 19.3. The number of halogens is 2. The van der Waals surface area contributed by atoms with Crippen molar-refractivity contribution in [3.8, 4) is 0 Å². The Hall–Kier alpha value is -1.95. The van der Waals surface area contributed by atoms with Gasteiger partial charge in [0.25, 0.3) is 5.92 Å². The van der Waals surface area contributed by atoms with E-state index in [4.69, 9.17) is 10.8 Å². The van der Waals surface area contributed by atoms with Crippen molar-refractivity contribution in [3.63, 3.8) is 0 Å². The monoisotopic (exact) mass is 267 g/mol. The number of nitrogens with zero attached hydrogens (tertiary/aromatic N) is 1. The van der Waals surface area contributed by atoms with Crippen LogP contribution in [0.2, 0.25) is 0 Å². The maximum atomic E-state index is 13.1. The van der Waals surface area contributed by atoms with E-state index in [0.717, 1.165) is 0 Å². The molecule has 102 valence electrons. The van der Waals surface area contributed by atoms with Gasteiger partial charge in [0.2, 0.25) is 0 Å². The highest BCUT2D eigenvalue weighted by Crippen LogP contribution is 2.26. The number of aliphatic hydroxyl groups is 1. The third-order valence-corrected chi connectivity index (χ3v) is 2.73. The largest absolute Gasteiger partial charge is 0.399 e. The molecular formula is C13H15F2N3O. The van der Waals surface area contributed by atoms with Gasteiger partial charge in [-0.05, 0) is 31.2 Å². The van der Waals surface area contributed by atoms with Gasteiger partial charge in [0.05, 0.1) is 12.1 Å². The molecule has 0 bridgehead atoms. The minimum Gasteiger partial charge on any atom is -0.399 e. The molecule has 0 amide bonds. The number of nitrogens with one attached hydrogen (secondary N) is 1. The van der Waals surface area contributed by atoms with Gasteiger partial charge in [-0.2, -0.15) is 0 Å². The van der Waals surface area contributed by atoms with E-state index in [1.54, 1.807) is 31.2 Å². The minimum absolute atomic E-state index is 0.530. The molecule has 0 fully saturated rings. The van der Waals surface area contributed by atoms with Gasteiger partial charge in [-0.25, -0.2) is 8.78 Å². The minimum atomic E-state index is -3.16. The fraction of sp³-hybridized carbons (Fsp3) is 0.308. The van der Waals surface area contributed by atoms with Crippen molar-refractivity contribution in [3.05, 3.63) is 30.0 Å².